The van der Waals surface area contributed by atoms with E-state index >= 15 is 0 Å². The molecule has 0 aliphatic heterocycles. The molecule has 0 saturated carbocycles. The molecule has 1 unspecified atom stereocenters. The van der Waals surface area contributed by atoms with Crippen molar-refractivity contribution in [3.05, 3.63) is 50.6 Å². The van der Waals surface area contributed by atoms with Gasteiger partial charge in [-0.25, -0.2) is 0 Å². The lowest BCUT2D eigenvalue weighted by Gasteiger charge is -2.20. The van der Waals surface area contributed by atoms with Crippen LogP contribution in [0.25, 0.3) is 0 Å². The number of nitrogens with one attached hydrogen (secondary N) is 1. The molecule has 0 amide bonds. The van der Waals surface area contributed by atoms with Crippen molar-refractivity contribution in [2.45, 2.75) is 19.4 Å². The van der Waals surface area contributed by atoms with E-state index < -0.39 is 0 Å². The number of hydrogen-bond acceptors (Lipinski definition) is 3. The summed E-state index contributed by atoms with van der Waals surface area (Å²) in [7, 11) is 1.73. The van der Waals surface area contributed by atoms with Crippen LogP contribution in [0.15, 0.2) is 40.2 Å². The molecule has 4 heteroatoms. The molecule has 2 rings (SSSR count). The van der Waals surface area contributed by atoms with Crippen LogP contribution in [0, 0.1) is 0 Å². The third-order valence-corrected chi connectivity index (χ3v) is 4.71. The zero-order chi connectivity index (χ0) is 13.7. The number of para-hydroxylation sites is 1. The smallest absolute Gasteiger partial charge is 0.123 e. The van der Waals surface area contributed by atoms with Crippen LogP contribution in [0.5, 0.6) is 5.75 Å². The topological polar surface area (TPSA) is 21.3 Å². The summed E-state index contributed by atoms with van der Waals surface area (Å²) in [6.45, 7) is 3.07. The van der Waals surface area contributed by atoms with E-state index in [2.05, 4.69) is 51.7 Å². The van der Waals surface area contributed by atoms with Crippen LogP contribution in [0.4, 0.5) is 0 Å². The summed E-state index contributed by atoms with van der Waals surface area (Å²) in [6.07, 6.45) is 0.977. The SMILES string of the molecule is CCNC(Cc1cc(Br)cs1)c1ccccc1OC. The van der Waals surface area contributed by atoms with Gasteiger partial charge in [0.05, 0.1) is 7.11 Å². The predicted molar refractivity (Wildman–Crippen MR) is 85.1 cm³/mol. The number of methoxy groups -OCH3 is 1. The minimum Gasteiger partial charge on any atom is -0.496 e. The van der Waals surface area contributed by atoms with Crippen LogP contribution >= 0.6 is 27.3 Å². The first kappa shape index (κ1) is 14.6. The van der Waals surface area contributed by atoms with E-state index in [9.17, 15) is 0 Å². The van der Waals surface area contributed by atoms with Crippen LogP contribution in [0.3, 0.4) is 0 Å². The Labute approximate surface area is 126 Å². The van der Waals surface area contributed by atoms with E-state index in [-0.39, 0.29) is 6.04 Å². The molecular weight excluding hydrogens is 322 g/mol. The molecule has 0 aliphatic rings. The second-order valence-corrected chi connectivity index (χ2v) is 6.20. The average Bonchev–Trinajstić information content (AvgIpc) is 2.84. The fourth-order valence-electron chi connectivity index (χ4n) is 2.15. The molecule has 0 bridgehead atoms. The highest BCUT2D eigenvalue weighted by atomic mass is 79.9. The largest absolute Gasteiger partial charge is 0.496 e. The van der Waals surface area contributed by atoms with Gasteiger partial charge >= 0.3 is 0 Å². The van der Waals surface area contributed by atoms with Crippen molar-refractivity contribution in [2.24, 2.45) is 0 Å². The number of hydrogen-bond donors (Lipinski definition) is 1. The highest BCUT2D eigenvalue weighted by molar-refractivity contribution is 9.10. The molecule has 1 aromatic heterocycles. The van der Waals surface area contributed by atoms with Gasteiger partial charge < -0.3 is 10.1 Å². The predicted octanol–water partition coefficient (Wildman–Crippen LogP) is 4.41. The lowest BCUT2D eigenvalue weighted by Crippen LogP contribution is -2.23. The van der Waals surface area contributed by atoms with Gasteiger partial charge in [0.1, 0.15) is 5.75 Å². The maximum atomic E-state index is 5.47. The summed E-state index contributed by atoms with van der Waals surface area (Å²) in [6, 6.07) is 10.7. The molecule has 0 saturated heterocycles. The highest BCUT2D eigenvalue weighted by Crippen LogP contribution is 2.30. The van der Waals surface area contributed by atoms with Gasteiger partial charge in [-0.15, -0.1) is 11.3 Å². The normalized spacial score (nSPS) is 12.4. The van der Waals surface area contributed by atoms with E-state index in [0.717, 1.165) is 23.2 Å². The van der Waals surface area contributed by atoms with Crippen LogP contribution in [0.2, 0.25) is 0 Å². The van der Waals surface area contributed by atoms with Crippen LogP contribution in [-0.4, -0.2) is 13.7 Å². The van der Waals surface area contributed by atoms with E-state index in [1.807, 2.05) is 12.1 Å². The molecule has 102 valence electrons. The first-order valence-corrected chi connectivity index (χ1v) is 8.01. The molecule has 1 aromatic carbocycles. The molecule has 2 nitrogen and oxygen atoms in total. The summed E-state index contributed by atoms with van der Waals surface area (Å²) in [5.74, 6) is 0.948. The number of likely N-dealkylation sites (N-methyl/N-ethyl adjacent to an activating group) is 1. The third-order valence-electron chi connectivity index (χ3n) is 2.99. The fraction of sp³-hybridized carbons (Fsp3) is 0.333. The molecule has 1 N–H and O–H groups in total. The average molecular weight is 340 g/mol. The van der Waals surface area contributed by atoms with Gasteiger partial charge in [-0.05, 0) is 34.6 Å². The summed E-state index contributed by atoms with van der Waals surface area (Å²) in [5.41, 5.74) is 1.22. The molecule has 0 fully saturated rings. The van der Waals surface area contributed by atoms with Crippen molar-refractivity contribution in [3.63, 3.8) is 0 Å². The Bertz CT molecular complexity index is 526. The first-order chi connectivity index (χ1) is 9.24. The van der Waals surface area contributed by atoms with Crippen LogP contribution in [0.1, 0.15) is 23.4 Å². The van der Waals surface area contributed by atoms with Crippen molar-refractivity contribution in [2.75, 3.05) is 13.7 Å². The zero-order valence-corrected chi connectivity index (χ0v) is 13.6. The van der Waals surface area contributed by atoms with E-state index in [1.165, 1.54) is 10.4 Å². The molecule has 19 heavy (non-hydrogen) atoms. The number of ether oxygens (including phenoxy) is 1. The van der Waals surface area contributed by atoms with Gasteiger partial charge in [0, 0.05) is 32.8 Å². The third kappa shape index (κ3) is 3.81. The van der Waals surface area contributed by atoms with Gasteiger partial charge in [-0.1, -0.05) is 25.1 Å². The van der Waals surface area contributed by atoms with E-state index in [1.54, 1.807) is 18.4 Å². The second kappa shape index (κ2) is 7.08. The number of benzene rings is 1. The molecular formula is C15H18BrNOS. The van der Waals surface area contributed by atoms with Crippen molar-refractivity contribution in [1.29, 1.82) is 0 Å². The number of halogens is 1. The Kier molecular flexibility index (Phi) is 5.43. The zero-order valence-electron chi connectivity index (χ0n) is 11.2. The van der Waals surface area contributed by atoms with Crippen molar-refractivity contribution >= 4 is 27.3 Å². The lowest BCUT2D eigenvalue weighted by molar-refractivity contribution is 0.399. The summed E-state index contributed by atoms with van der Waals surface area (Å²) >= 11 is 5.29. The lowest BCUT2D eigenvalue weighted by atomic mass is 10.0. The van der Waals surface area contributed by atoms with Gasteiger partial charge in [-0.2, -0.15) is 0 Å². The van der Waals surface area contributed by atoms with Crippen molar-refractivity contribution < 1.29 is 4.74 Å². The Hall–Kier alpha value is -0.840. The molecule has 2 aromatic rings. The Morgan fingerprint density at radius 2 is 2.16 bits per heavy atom. The first-order valence-electron chi connectivity index (χ1n) is 6.33. The van der Waals surface area contributed by atoms with Crippen LogP contribution in [-0.2, 0) is 6.42 Å². The summed E-state index contributed by atoms with van der Waals surface area (Å²) < 4.78 is 6.63. The highest BCUT2D eigenvalue weighted by Gasteiger charge is 2.16. The van der Waals surface area contributed by atoms with Crippen LogP contribution < -0.4 is 10.1 Å². The Morgan fingerprint density at radius 1 is 1.37 bits per heavy atom. The monoisotopic (exact) mass is 339 g/mol. The van der Waals surface area contributed by atoms with Gasteiger partial charge in [0.25, 0.3) is 0 Å². The maximum Gasteiger partial charge on any atom is 0.123 e. The molecule has 0 aliphatic carbocycles. The van der Waals surface area contributed by atoms with Gasteiger partial charge in [0.2, 0.25) is 0 Å². The molecule has 1 heterocycles. The second-order valence-electron chi connectivity index (χ2n) is 4.29. The number of rotatable bonds is 6. The Balaban J connectivity index is 2.23. The van der Waals surface area contributed by atoms with E-state index in [4.69, 9.17) is 4.74 Å². The van der Waals surface area contributed by atoms with Gasteiger partial charge in [-0.3, -0.25) is 0 Å². The van der Waals surface area contributed by atoms with Crippen molar-refractivity contribution in [1.82, 2.24) is 5.32 Å². The minimum absolute atomic E-state index is 0.284. The standard InChI is InChI=1S/C15H18BrNOS/c1-3-17-14(9-12-8-11(16)10-19-12)13-6-4-5-7-15(13)18-2/h4-8,10,14,17H,3,9H2,1-2H3. The summed E-state index contributed by atoms with van der Waals surface area (Å²) in [5, 5.41) is 5.67. The number of thiophene rings is 1. The molecule has 0 spiro atoms. The van der Waals surface area contributed by atoms with E-state index in [0.29, 0.717) is 0 Å². The Morgan fingerprint density at radius 3 is 2.79 bits per heavy atom. The fourth-order valence-corrected chi connectivity index (χ4v) is 3.65. The summed E-state index contributed by atoms with van der Waals surface area (Å²) in [4.78, 5) is 1.36. The van der Waals surface area contributed by atoms with Crippen molar-refractivity contribution in [3.8, 4) is 5.75 Å². The maximum absolute atomic E-state index is 5.47. The minimum atomic E-state index is 0.284. The van der Waals surface area contributed by atoms with Gasteiger partial charge in [0.15, 0.2) is 0 Å². The molecule has 1 atom stereocenters. The quantitative estimate of drug-likeness (QED) is 0.841. The molecule has 0 radical (unpaired) electrons.